The predicted octanol–water partition coefficient (Wildman–Crippen LogP) is 4.69. The Balaban J connectivity index is 1.42. The number of benzene rings is 2. The van der Waals surface area contributed by atoms with E-state index in [1.807, 2.05) is 43.3 Å². The molecule has 1 saturated heterocycles. The molecule has 2 aromatic carbocycles. The third-order valence-electron chi connectivity index (χ3n) is 5.21. The van der Waals surface area contributed by atoms with Crippen LogP contribution in [0.4, 0.5) is 10.5 Å². The molecule has 0 radical (unpaired) electrons. The van der Waals surface area contributed by atoms with E-state index in [0.29, 0.717) is 23.9 Å². The highest BCUT2D eigenvalue weighted by molar-refractivity contribution is 6.31. The summed E-state index contributed by atoms with van der Waals surface area (Å²) in [7, 11) is 1.60. The summed E-state index contributed by atoms with van der Waals surface area (Å²) in [5, 5.41) is 6.72. The second-order valence-corrected chi connectivity index (χ2v) is 7.76. The molecule has 2 aromatic rings. The Kier molecular flexibility index (Phi) is 7.18. The molecule has 2 amide bonds. The monoisotopic (exact) mass is 401 g/mol. The Morgan fingerprint density at radius 2 is 1.96 bits per heavy atom. The van der Waals surface area contributed by atoms with Crippen LogP contribution in [0.5, 0.6) is 5.75 Å². The fourth-order valence-electron chi connectivity index (χ4n) is 3.54. The van der Waals surface area contributed by atoms with Crippen molar-refractivity contribution in [3.63, 3.8) is 0 Å². The Labute approximate surface area is 172 Å². The molecule has 0 bridgehead atoms. The zero-order valence-electron chi connectivity index (χ0n) is 16.5. The first kappa shape index (κ1) is 20.5. The summed E-state index contributed by atoms with van der Waals surface area (Å²) >= 11 is 6.26. The number of methoxy groups -OCH3 is 1. The molecule has 0 spiro atoms. The van der Waals surface area contributed by atoms with Crippen LogP contribution in [0.15, 0.2) is 42.5 Å². The first-order chi connectivity index (χ1) is 13.5. The minimum Gasteiger partial charge on any atom is -0.495 e. The summed E-state index contributed by atoms with van der Waals surface area (Å²) in [6.07, 6.45) is 2.14. The van der Waals surface area contributed by atoms with Crippen LogP contribution in [0.1, 0.15) is 24.0 Å². The summed E-state index contributed by atoms with van der Waals surface area (Å²) in [5.74, 6) is 1.15. The van der Waals surface area contributed by atoms with Crippen LogP contribution in [0, 0.1) is 12.8 Å². The van der Waals surface area contributed by atoms with Gasteiger partial charge in [-0.1, -0.05) is 35.9 Å². The first-order valence-electron chi connectivity index (χ1n) is 9.70. The van der Waals surface area contributed by atoms with Crippen LogP contribution in [-0.2, 0) is 6.54 Å². The molecule has 0 aliphatic carbocycles. The lowest BCUT2D eigenvalue weighted by atomic mass is 9.96. The number of hydrogen-bond donors (Lipinski definition) is 2. The second-order valence-electron chi connectivity index (χ2n) is 7.35. The van der Waals surface area contributed by atoms with Crippen LogP contribution >= 0.6 is 11.6 Å². The molecule has 1 heterocycles. The van der Waals surface area contributed by atoms with Gasteiger partial charge in [-0.15, -0.1) is 0 Å². The van der Waals surface area contributed by atoms with E-state index in [-0.39, 0.29) is 6.03 Å². The van der Waals surface area contributed by atoms with Gasteiger partial charge in [0.1, 0.15) is 5.75 Å². The van der Waals surface area contributed by atoms with Gasteiger partial charge < -0.3 is 15.4 Å². The molecule has 0 aromatic heterocycles. The van der Waals surface area contributed by atoms with Gasteiger partial charge in [0.05, 0.1) is 12.8 Å². The van der Waals surface area contributed by atoms with Gasteiger partial charge in [0.2, 0.25) is 0 Å². The normalized spacial score (nSPS) is 15.2. The van der Waals surface area contributed by atoms with Crippen molar-refractivity contribution in [2.75, 3.05) is 32.1 Å². The number of hydrogen-bond acceptors (Lipinski definition) is 3. The minimum atomic E-state index is -0.192. The SMILES string of the molecule is COc1ccc(C)cc1NC(=O)NCC1CCN(Cc2ccccc2Cl)CC1. The molecule has 3 rings (SSSR count). The Hall–Kier alpha value is -2.24. The third-order valence-corrected chi connectivity index (χ3v) is 5.58. The molecule has 0 saturated carbocycles. The van der Waals surface area contributed by atoms with Gasteiger partial charge >= 0.3 is 6.03 Å². The van der Waals surface area contributed by atoms with E-state index >= 15 is 0 Å². The van der Waals surface area contributed by atoms with Crippen LogP contribution in [-0.4, -0.2) is 37.7 Å². The molecule has 1 fully saturated rings. The summed E-state index contributed by atoms with van der Waals surface area (Å²) in [5.41, 5.74) is 2.93. The molecule has 0 unspecified atom stereocenters. The van der Waals surface area contributed by atoms with Crippen molar-refractivity contribution in [2.24, 2.45) is 5.92 Å². The number of nitrogens with one attached hydrogen (secondary N) is 2. The fourth-order valence-corrected chi connectivity index (χ4v) is 3.73. The van der Waals surface area contributed by atoms with Gasteiger partial charge in [-0.3, -0.25) is 4.90 Å². The smallest absolute Gasteiger partial charge is 0.319 e. The lowest BCUT2D eigenvalue weighted by molar-refractivity contribution is 0.176. The Bertz CT molecular complexity index is 804. The highest BCUT2D eigenvalue weighted by atomic mass is 35.5. The number of amides is 2. The highest BCUT2D eigenvalue weighted by Crippen LogP contribution is 2.25. The molecule has 5 nitrogen and oxygen atoms in total. The molecule has 28 heavy (non-hydrogen) atoms. The molecular weight excluding hydrogens is 374 g/mol. The summed E-state index contributed by atoms with van der Waals surface area (Å²) in [6, 6.07) is 13.5. The lowest BCUT2D eigenvalue weighted by Crippen LogP contribution is -2.39. The standard InChI is InChI=1S/C22H28ClN3O2/c1-16-7-8-21(28-2)20(13-16)25-22(27)24-14-17-9-11-26(12-10-17)15-18-5-3-4-6-19(18)23/h3-8,13,17H,9-12,14-15H2,1-2H3,(H2,24,25,27). The third kappa shape index (κ3) is 5.63. The van der Waals surface area contributed by atoms with Gasteiger partial charge in [0.15, 0.2) is 0 Å². The molecule has 150 valence electrons. The van der Waals surface area contributed by atoms with Crippen LogP contribution in [0.3, 0.4) is 0 Å². The van der Waals surface area contributed by atoms with Crippen LogP contribution < -0.4 is 15.4 Å². The van der Waals surface area contributed by atoms with Crippen molar-refractivity contribution in [2.45, 2.75) is 26.3 Å². The van der Waals surface area contributed by atoms with E-state index in [1.165, 1.54) is 5.56 Å². The highest BCUT2D eigenvalue weighted by Gasteiger charge is 2.20. The maximum Gasteiger partial charge on any atom is 0.319 e. The van der Waals surface area contributed by atoms with Gasteiger partial charge in [-0.25, -0.2) is 4.79 Å². The number of urea groups is 1. The van der Waals surface area contributed by atoms with Gasteiger partial charge in [-0.05, 0) is 68.1 Å². The van der Waals surface area contributed by atoms with E-state index in [1.54, 1.807) is 7.11 Å². The molecule has 1 aliphatic heterocycles. The number of aryl methyl sites for hydroxylation is 1. The predicted molar refractivity (Wildman–Crippen MR) is 114 cm³/mol. The van der Waals surface area contributed by atoms with Crippen molar-refractivity contribution in [1.29, 1.82) is 0 Å². The summed E-state index contributed by atoms with van der Waals surface area (Å²) < 4.78 is 5.31. The van der Waals surface area contributed by atoms with Crippen molar-refractivity contribution in [3.8, 4) is 5.75 Å². The molecule has 6 heteroatoms. The largest absolute Gasteiger partial charge is 0.495 e. The van der Waals surface area contributed by atoms with Gasteiger partial charge in [0.25, 0.3) is 0 Å². The second kappa shape index (κ2) is 9.80. The summed E-state index contributed by atoms with van der Waals surface area (Å²) in [4.78, 5) is 14.7. The van der Waals surface area contributed by atoms with Crippen molar-refractivity contribution in [1.82, 2.24) is 10.2 Å². The number of carbonyl (C=O) groups excluding carboxylic acids is 1. The van der Waals surface area contributed by atoms with Crippen molar-refractivity contribution >= 4 is 23.3 Å². The number of rotatable bonds is 6. The zero-order valence-corrected chi connectivity index (χ0v) is 17.3. The number of halogens is 1. The minimum absolute atomic E-state index is 0.192. The maximum atomic E-state index is 12.3. The lowest BCUT2D eigenvalue weighted by Gasteiger charge is -2.32. The topological polar surface area (TPSA) is 53.6 Å². The number of carbonyl (C=O) groups is 1. The quantitative estimate of drug-likeness (QED) is 0.738. The molecular formula is C22H28ClN3O2. The van der Waals surface area contributed by atoms with E-state index in [0.717, 1.165) is 43.1 Å². The number of ether oxygens (including phenoxy) is 1. The van der Waals surface area contributed by atoms with Crippen molar-refractivity contribution in [3.05, 3.63) is 58.6 Å². The Morgan fingerprint density at radius 3 is 2.68 bits per heavy atom. The average molecular weight is 402 g/mol. The van der Waals surface area contributed by atoms with E-state index in [2.05, 4.69) is 21.6 Å². The van der Waals surface area contributed by atoms with Crippen LogP contribution in [0.2, 0.25) is 5.02 Å². The number of piperidine rings is 1. The van der Waals surface area contributed by atoms with Crippen LogP contribution in [0.25, 0.3) is 0 Å². The molecule has 2 N–H and O–H groups in total. The summed E-state index contributed by atoms with van der Waals surface area (Å²) in [6.45, 7) is 5.59. The number of nitrogens with zero attached hydrogens (tertiary/aromatic N) is 1. The van der Waals surface area contributed by atoms with Gasteiger partial charge in [0, 0.05) is 18.1 Å². The number of anilines is 1. The first-order valence-corrected chi connectivity index (χ1v) is 10.1. The Morgan fingerprint density at radius 1 is 1.21 bits per heavy atom. The van der Waals surface area contributed by atoms with E-state index < -0.39 is 0 Å². The molecule has 0 atom stereocenters. The van der Waals surface area contributed by atoms with Gasteiger partial charge in [-0.2, -0.15) is 0 Å². The zero-order chi connectivity index (χ0) is 19.9. The molecule has 1 aliphatic rings. The van der Waals surface area contributed by atoms with Crippen molar-refractivity contribution < 1.29 is 9.53 Å². The average Bonchev–Trinajstić information content (AvgIpc) is 2.69. The number of likely N-dealkylation sites (tertiary alicyclic amines) is 1. The fraction of sp³-hybridized carbons (Fsp3) is 0.409. The maximum absolute atomic E-state index is 12.3. The van der Waals surface area contributed by atoms with E-state index in [9.17, 15) is 4.79 Å². The van der Waals surface area contributed by atoms with E-state index in [4.69, 9.17) is 16.3 Å².